The standard InChI is InChI=1S/C21H30N4O2/c1-16-12-25(13-17(2)27-16)14-18-6-8-24(9-7-18)15-21(26)23-20-5-3-4-19(10-20)11-22/h3-5,10,16-18H,6-9,12-15H2,1-2H3,(H,23,26)/t16-,17-/m1/s1. The van der Waals surface area contributed by atoms with Gasteiger partial charge >= 0.3 is 0 Å². The summed E-state index contributed by atoms with van der Waals surface area (Å²) < 4.78 is 5.82. The number of anilines is 1. The molecule has 1 amide bonds. The van der Waals surface area contributed by atoms with Gasteiger partial charge in [-0.3, -0.25) is 14.6 Å². The van der Waals surface area contributed by atoms with Gasteiger partial charge in [0, 0.05) is 25.3 Å². The minimum Gasteiger partial charge on any atom is -0.373 e. The Hall–Kier alpha value is -1.94. The second kappa shape index (κ2) is 9.32. The van der Waals surface area contributed by atoms with Crippen LogP contribution in [-0.4, -0.2) is 67.2 Å². The third kappa shape index (κ3) is 6.03. The average Bonchev–Trinajstić information content (AvgIpc) is 2.62. The van der Waals surface area contributed by atoms with Crippen molar-refractivity contribution in [3.63, 3.8) is 0 Å². The van der Waals surface area contributed by atoms with E-state index in [2.05, 4.69) is 35.0 Å². The maximum Gasteiger partial charge on any atom is 0.238 e. The number of nitrogens with zero attached hydrogens (tertiary/aromatic N) is 3. The Kier molecular flexibility index (Phi) is 6.84. The van der Waals surface area contributed by atoms with E-state index in [0.717, 1.165) is 45.6 Å². The van der Waals surface area contributed by atoms with E-state index >= 15 is 0 Å². The molecular formula is C21H30N4O2. The average molecular weight is 370 g/mol. The number of benzene rings is 1. The van der Waals surface area contributed by atoms with Gasteiger partial charge in [0.1, 0.15) is 0 Å². The molecule has 0 radical (unpaired) electrons. The fourth-order valence-electron chi connectivity index (χ4n) is 4.20. The summed E-state index contributed by atoms with van der Waals surface area (Å²) in [5.41, 5.74) is 1.24. The molecule has 1 aromatic rings. The fourth-order valence-corrected chi connectivity index (χ4v) is 4.20. The molecule has 0 spiro atoms. The van der Waals surface area contributed by atoms with Crippen LogP contribution < -0.4 is 5.32 Å². The second-order valence-electron chi connectivity index (χ2n) is 7.94. The first-order valence-corrected chi connectivity index (χ1v) is 9.92. The molecule has 0 saturated carbocycles. The van der Waals surface area contributed by atoms with Crippen LogP contribution in [0, 0.1) is 17.2 Å². The van der Waals surface area contributed by atoms with E-state index in [1.165, 1.54) is 0 Å². The van der Waals surface area contributed by atoms with Crippen LogP contribution in [0.5, 0.6) is 0 Å². The van der Waals surface area contributed by atoms with Crippen molar-refractivity contribution < 1.29 is 9.53 Å². The molecule has 0 aromatic heterocycles. The highest BCUT2D eigenvalue weighted by Gasteiger charge is 2.27. The smallest absolute Gasteiger partial charge is 0.238 e. The van der Waals surface area contributed by atoms with E-state index in [1.807, 2.05) is 6.07 Å². The molecule has 1 N–H and O–H groups in total. The number of rotatable bonds is 5. The number of carbonyl (C=O) groups is 1. The molecule has 2 atom stereocenters. The van der Waals surface area contributed by atoms with Crippen LogP contribution >= 0.6 is 0 Å². The summed E-state index contributed by atoms with van der Waals surface area (Å²) in [7, 11) is 0. The van der Waals surface area contributed by atoms with Crippen LogP contribution in [0.4, 0.5) is 5.69 Å². The summed E-state index contributed by atoms with van der Waals surface area (Å²) in [5.74, 6) is 0.688. The Labute approximate surface area is 162 Å². The number of nitrogens with one attached hydrogen (secondary N) is 1. The molecule has 6 heteroatoms. The highest BCUT2D eigenvalue weighted by atomic mass is 16.5. The summed E-state index contributed by atoms with van der Waals surface area (Å²) in [6, 6.07) is 9.13. The van der Waals surface area contributed by atoms with Crippen LogP contribution in [0.25, 0.3) is 0 Å². The number of hydrogen-bond acceptors (Lipinski definition) is 5. The van der Waals surface area contributed by atoms with Crippen molar-refractivity contribution in [3.05, 3.63) is 29.8 Å². The van der Waals surface area contributed by atoms with Gasteiger partial charge in [0.25, 0.3) is 0 Å². The van der Waals surface area contributed by atoms with Gasteiger partial charge in [-0.15, -0.1) is 0 Å². The lowest BCUT2D eigenvalue weighted by Crippen LogP contribution is -2.48. The van der Waals surface area contributed by atoms with Crippen LogP contribution in [-0.2, 0) is 9.53 Å². The number of ether oxygens (including phenoxy) is 1. The van der Waals surface area contributed by atoms with Crippen molar-refractivity contribution in [1.82, 2.24) is 9.80 Å². The lowest BCUT2D eigenvalue weighted by atomic mass is 9.95. The van der Waals surface area contributed by atoms with Gasteiger partial charge in [0.05, 0.1) is 30.4 Å². The number of amides is 1. The summed E-state index contributed by atoms with van der Waals surface area (Å²) in [6.07, 6.45) is 2.91. The van der Waals surface area contributed by atoms with Gasteiger partial charge in [-0.25, -0.2) is 0 Å². The van der Waals surface area contributed by atoms with E-state index in [0.29, 0.717) is 35.9 Å². The lowest BCUT2D eigenvalue weighted by molar-refractivity contribution is -0.117. The highest BCUT2D eigenvalue weighted by Crippen LogP contribution is 2.21. The Bertz CT molecular complexity index is 669. The van der Waals surface area contributed by atoms with Crippen LogP contribution in [0.1, 0.15) is 32.3 Å². The molecule has 2 saturated heterocycles. The zero-order valence-corrected chi connectivity index (χ0v) is 16.4. The molecule has 27 heavy (non-hydrogen) atoms. The van der Waals surface area contributed by atoms with Gasteiger partial charge in [-0.1, -0.05) is 6.07 Å². The Morgan fingerprint density at radius 1 is 1.22 bits per heavy atom. The summed E-state index contributed by atoms with van der Waals surface area (Å²) in [5, 5.41) is 11.8. The fraction of sp³-hybridized carbons (Fsp3) is 0.619. The van der Waals surface area contributed by atoms with Gasteiger partial charge < -0.3 is 10.1 Å². The SMILES string of the molecule is C[C@@H]1CN(CC2CCN(CC(=O)Nc3cccc(C#N)c3)CC2)C[C@@H](C)O1. The van der Waals surface area contributed by atoms with Crippen LogP contribution in [0.15, 0.2) is 24.3 Å². The Morgan fingerprint density at radius 3 is 2.59 bits per heavy atom. The molecule has 2 fully saturated rings. The lowest BCUT2D eigenvalue weighted by Gasteiger charge is -2.39. The van der Waals surface area contributed by atoms with Gasteiger partial charge in [-0.2, -0.15) is 5.26 Å². The zero-order chi connectivity index (χ0) is 19.2. The zero-order valence-electron chi connectivity index (χ0n) is 16.4. The molecule has 1 aromatic carbocycles. The molecule has 2 aliphatic rings. The molecule has 0 bridgehead atoms. The molecule has 6 nitrogen and oxygen atoms in total. The number of piperidine rings is 1. The maximum absolute atomic E-state index is 12.3. The minimum atomic E-state index is -0.0145. The Balaban J connectivity index is 1.40. The van der Waals surface area contributed by atoms with Crippen molar-refractivity contribution in [1.29, 1.82) is 5.26 Å². The van der Waals surface area contributed by atoms with Gasteiger partial charge in [0.2, 0.25) is 5.91 Å². The highest BCUT2D eigenvalue weighted by molar-refractivity contribution is 5.92. The molecule has 0 aliphatic carbocycles. The number of carbonyl (C=O) groups excluding carboxylic acids is 1. The first kappa shape index (κ1) is 19.8. The number of likely N-dealkylation sites (tertiary alicyclic amines) is 1. The van der Waals surface area contributed by atoms with E-state index in [9.17, 15) is 4.79 Å². The normalized spacial score (nSPS) is 25.1. The van der Waals surface area contributed by atoms with Crippen molar-refractivity contribution in [2.75, 3.05) is 44.6 Å². The van der Waals surface area contributed by atoms with Crippen molar-refractivity contribution in [2.24, 2.45) is 5.92 Å². The van der Waals surface area contributed by atoms with Crippen LogP contribution in [0.3, 0.4) is 0 Å². The molecule has 2 heterocycles. The predicted molar refractivity (Wildman–Crippen MR) is 105 cm³/mol. The van der Waals surface area contributed by atoms with Gasteiger partial charge in [-0.05, 0) is 63.9 Å². The van der Waals surface area contributed by atoms with Crippen molar-refractivity contribution in [2.45, 2.75) is 38.9 Å². The van der Waals surface area contributed by atoms with Crippen molar-refractivity contribution >= 4 is 11.6 Å². The second-order valence-corrected chi connectivity index (χ2v) is 7.94. The first-order valence-electron chi connectivity index (χ1n) is 9.92. The summed E-state index contributed by atoms with van der Waals surface area (Å²) in [4.78, 5) is 17.1. The molecule has 2 aliphatic heterocycles. The molecule has 146 valence electrons. The quantitative estimate of drug-likeness (QED) is 0.861. The molecule has 0 unspecified atom stereocenters. The number of morpholine rings is 1. The predicted octanol–water partition coefficient (Wildman–Crippen LogP) is 2.32. The van der Waals surface area contributed by atoms with Crippen molar-refractivity contribution in [3.8, 4) is 6.07 Å². The maximum atomic E-state index is 12.3. The first-order chi connectivity index (χ1) is 13.0. The largest absolute Gasteiger partial charge is 0.373 e. The third-order valence-corrected chi connectivity index (χ3v) is 5.36. The van der Waals surface area contributed by atoms with E-state index in [-0.39, 0.29) is 5.91 Å². The summed E-state index contributed by atoms with van der Waals surface area (Å²) in [6.45, 7) is 9.82. The van der Waals surface area contributed by atoms with E-state index in [1.54, 1.807) is 18.2 Å². The molecule has 3 rings (SSSR count). The third-order valence-electron chi connectivity index (χ3n) is 5.36. The molecular weight excluding hydrogens is 340 g/mol. The summed E-state index contributed by atoms with van der Waals surface area (Å²) >= 11 is 0. The van der Waals surface area contributed by atoms with Gasteiger partial charge in [0.15, 0.2) is 0 Å². The Morgan fingerprint density at radius 2 is 1.93 bits per heavy atom. The van der Waals surface area contributed by atoms with Crippen LogP contribution in [0.2, 0.25) is 0 Å². The van der Waals surface area contributed by atoms with E-state index in [4.69, 9.17) is 10.00 Å². The monoisotopic (exact) mass is 370 g/mol. The topological polar surface area (TPSA) is 68.6 Å². The van der Waals surface area contributed by atoms with E-state index < -0.39 is 0 Å². The number of hydrogen-bond donors (Lipinski definition) is 1. The minimum absolute atomic E-state index is 0.0145. The number of nitriles is 1.